The zero-order valence-corrected chi connectivity index (χ0v) is 10.7. The molecule has 0 spiro atoms. The molecule has 16 heavy (non-hydrogen) atoms. The molecule has 0 radical (unpaired) electrons. The Morgan fingerprint density at radius 2 is 2.00 bits per heavy atom. The molecule has 0 bridgehead atoms. The van der Waals surface area contributed by atoms with Gasteiger partial charge in [-0.15, -0.1) is 0 Å². The van der Waals surface area contributed by atoms with Crippen molar-refractivity contribution >= 4 is 0 Å². The summed E-state index contributed by atoms with van der Waals surface area (Å²) in [6.07, 6.45) is 3.40. The maximum Gasteiger partial charge on any atom is 0.0610 e. The van der Waals surface area contributed by atoms with Crippen LogP contribution in [0.5, 0.6) is 0 Å². The van der Waals surface area contributed by atoms with E-state index in [-0.39, 0.29) is 12.1 Å². The Kier molecular flexibility index (Phi) is 6.28. The number of likely N-dealkylation sites (N-methyl/N-ethyl adjacent to an activating group) is 1. The minimum atomic E-state index is -0.106. The smallest absolute Gasteiger partial charge is 0.0610 e. The Hall–Kier alpha value is -0.160. The number of unbranched alkanes of at least 4 members (excludes halogenated alkanes) is 1. The molecule has 4 heteroatoms. The van der Waals surface area contributed by atoms with E-state index in [0.29, 0.717) is 0 Å². The number of rotatable bonds is 7. The normalized spacial score (nSPS) is 21.9. The molecule has 2 N–H and O–H groups in total. The molecule has 0 aromatic heterocycles. The van der Waals surface area contributed by atoms with Crippen LogP contribution in [0, 0.1) is 0 Å². The first-order valence-electron chi connectivity index (χ1n) is 6.30. The molecule has 0 amide bonds. The average Bonchev–Trinajstić information content (AvgIpc) is 2.36. The molecule has 1 saturated heterocycles. The number of ether oxygens (including phenoxy) is 1. The summed E-state index contributed by atoms with van der Waals surface area (Å²) in [4.78, 5) is 2.46. The first kappa shape index (κ1) is 13.9. The highest BCUT2D eigenvalue weighted by atomic mass is 16.5. The lowest BCUT2D eigenvalue weighted by Crippen LogP contribution is -2.43. The van der Waals surface area contributed by atoms with E-state index in [2.05, 4.69) is 17.1 Å². The van der Waals surface area contributed by atoms with Gasteiger partial charge in [0.1, 0.15) is 0 Å². The van der Waals surface area contributed by atoms with E-state index in [1.54, 1.807) is 0 Å². The van der Waals surface area contributed by atoms with Crippen LogP contribution < -0.4 is 5.32 Å². The fourth-order valence-electron chi connectivity index (χ4n) is 1.96. The van der Waals surface area contributed by atoms with Crippen LogP contribution in [-0.2, 0) is 4.74 Å². The fourth-order valence-corrected chi connectivity index (χ4v) is 1.96. The van der Waals surface area contributed by atoms with Crippen molar-refractivity contribution in [3.05, 3.63) is 0 Å². The lowest BCUT2D eigenvalue weighted by molar-refractivity contribution is 0.0367. The molecule has 0 aromatic rings. The van der Waals surface area contributed by atoms with E-state index < -0.39 is 0 Å². The van der Waals surface area contributed by atoms with E-state index in [1.165, 1.54) is 6.42 Å². The van der Waals surface area contributed by atoms with Crippen LogP contribution in [0.2, 0.25) is 0 Å². The van der Waals surface area contributed by atoms with Gasteiger partial charge in [-0.05, 0) is 33.4 Å². The monoisotopic (exact) mass is 230 g/mol. The van der Waals surface area contributed by atoms with Crippen LogP contribution in [0.1, 0.15) is 26.2 Å². The number of aliphatic hydroxyl groups is 1. The zero-order chi connectivity index (χ0) is 11.9. The molecule has 1 aliphatic rings. The van der Waals surface area contributed by atoms with Crippen molar-refractivity contribution in [2.24, 2.45) is 0 Å². The number of nitrogens with one attached hydrogen (secondary N) is 1. The highest BCUT2D eigenvalue weighted by Gasteiger charge is 2.19. The Labute approximate surface area is 99.0 Å². The Morgan fingerprint density at radius 1 is 1.31 bits per heavy atom. The van der Waals surface area contributed by atoms with Crippen LogP contribution >= 0.6 is 0 Å². The Morgan fingerprint density at radius 3 is 2.56 bits per heavy atom. The van der Waals surface area contributed by atoms with Crippen molar-refractivity contribution < 1.29 is 9.84 Å². The van der Waals surface area contributed by atoms with Gasteiger partial charge in [-0.2, -0.15) is 0 Å². The lowest BCUT2D eigenvalue weighted by Gasteiger charge is -2.29. The highest BCUT2D eigenvalue weighted by Crippen LogP contribution is 2.13. The summed E-state index contributed by atoms with van der Waals surface area (Å²) in [7, 11) is 1.91. The molecule has 0 saturated carbocycles. The lowest BCUT2D eigenvalue weighted by atomic mass is 9.96. The molecule has 0 aromatic carbocycles. The van der Waals surface area contributed by atoms with Gasteiger partial charge in [0, 0.05) is 18.6 Å². The minimum Gasteiger partial charge on any atom is -0.394 e. The third-order valence-corrected chi connectivity index (χ3v) is 3.51. The summed E-state index contributed by atoms with van der Waals surface area (Å²) in [6.45, 7) is 7.35. The van der Waals surface area contributed by atoms with Crippen LogP contribution in [0.4, 0.5) is 0 Å². The second-order valence-electron chi connectivity index (χ2n) is 4.88. The zero-order valence-electron chi connectivity index (χ0n) is 10.7. The van der Waals surface area contributed by atoms with E-state index in [9.17, 15) is 5.11 Å². The second-order valence-corrected chi connectivity index (χ2v) is 4.88. The number of morpholine rings is 1. The van der Waals surface area contributed by atoms with Crippen molar-refractivity contribution in [3.8, 4) is 0 Å². The van der Waals surface area contributed by atoms with Gasteiger partial charge >= 0.3 is 0 Å². The predicted molar refractivity (Wildman–Crippen MR) is 65.7 cm³/mol. The average molecular weight is 230 g/mol. The molecule has 1 atom stereocenters. The molecule has 0 aliphatic carbocycles. The summed E-state index contributed by atoms with van der Waals surface area (Å²) in [5.41, 5.74) is -0.106. The van der Waals surface area contributed by atoms with Crippen molar-refractivity contribution in [1.29, 1.82) is 0 Å². The fraction of sp³-hybridized carbons (Fsp3) is 1.00. The quantitative estimate of drug-likeness (QED) is 0.624. The topological polar surface area (TPSA) is 44.7 Å². The number of hydrogen-bond donors (Lipinski definition) is 2. The summed E-state index contributed by atoms with van der Waals surface area (Å²) < 4.78 is 5.31. The summed E-state index contributed by atoms with van der Waals surface area (Å²) in [5.74, 6) is 0. The summed E-state index contributed by atoms with van der Waals surface area (Å²) in [5, 5.41) is 12.4. The molecule has 1 aliphatic heterocycles. The number of aliphatic hydroxyl groups excluding tert-OH is 1. The van der Waals surface area contributed by atoms with Gasteiger partial charge in [-0.3, -0.25) is 4.90 Å². The largest absolute Gasteiger partial charge is 0.394 e. The van der Waals surface area contributed by atoms with Gasteiger partial charge < -0.3 is 15.2 Å². The van der Waals surface area contributed by atoms with Gasteiger partial charge in [0.15, 0.2) is 0 Å². The third-order valence-electron chi connectivity index (χ3n) is 3.51. The van der Waals surface area contributed by atoms with E-state index in [0.717, 1.165) is 45.7 Å². The van der Waals surface area contributed by atoms with Crippen LogP contribution in [-0.4, -0.2) is 62.0 Å². The van der Waals surface area contributed by atoms with Crippen LogP contribution in [0.25, 0.3) is 0 Å². The maximum absolute atomic E-state index is 9.24. The first-order valence-corrected chi connectivity index (χ1v) is 6.30. The van der Waals surface area contributed by atoms with Gasteiger partial charge in [0.05, 0.1) is 19.8 Å². The Balaban J connectivity index is 2.06. The molecule has 96 valence electrons. The van der Waals surface area contributed by atoms with Gasteiger partial charge in [0.25, 0.3) is 0 Å². The van der Waals surface area contributed by atoms with E-state index in [1.807, 2.05) is 7.05 Å². The van der Waals surface area contributed by atoms with Crippen LogP contribution in [0.3, 0.4) is 0 Å². The Bertz CT molecular complexity index is 178. The van der Waals surface area contributed by atoms with E-state index >= 15 is 0 Å². The molecule has 1 fully saturated rings. The van der Waals surface area contributed by atoms with Crippen molar-refractivity contribution in [1.82, 2.24) is 10.2 Å². The first-order chi connectivity index (χ1) is 7.70. The predicted octanol–water partition coefficient (Wildman–Crippen LogP) is 0.459. The molecule has 4 nitrogen and oxygen atoms in total. The van der Waals surface area contributed by atoms with Gasteiger partial charge in [0.2, 0.25) is 0 Å². The molecule has 1 rings (SSSR count). The molecule has 1 heterocycles. The van der Waals surface area contributed by atoms with Crippen molar-refractivity contribution in [2.75, 3.05) is 46.5 Å². The third kappa shape index (κ3) is 4.78. The summed E-state index contributed by atoms with van der Waals surface area (Å²) in [6, 6.07) is 0. The van der Waals surface area contributed by atoms with E-state index in [4.69, 9.17) is 4.74 Å². The molecule has 1 unspecified atom stereocenters. The van der Waals surface area contributed by atoms with Crippen molar-refractivity contribution in [2.45, 2.75) is 31.7 Å². The standard InChI is InChI=1S/C12H26N2O2/c1-12(11-15,13-2)5-3-4-6-14-7-9-16-10-8-14/h13,15H,3-11H2,1-2H3. The van der Waals surface area contributed by atoms with Crippen LogP contribution in [0.15, 0.2) is 0 Å². The summed E-state index contributed by atoms with van der Waals surface area (Å²) >= 11 is 0. The van der Waals surface area contributed by atoms with Gasteiger partial charge in [-0.1, -0.05) is 6.42 Å². The highest BCUT2D eigenvalue weighted by molar-refractivity contribution is 4.80. The molecular weight excluding hydrogens is 204 g/mol. The SMILES string of the molecule is CNC(C)(CO)CCCCN1CCOCC1. The molecular formula is C12H26N2O2. The number of hydrogen-bond acceptors (Lipinski definition) is 4. The number of nitrogens with zero attached hydrogens (tertiary/aromatic N) is 1. The minimum absolute atomic E-state index is 0.106. The second kappa shape index (κ2) is 7.22. The van der Waals surface area contributed by atoms with Crippen molar-refractivity contribution in [3.63, 3.8) is 0 Å². The van der Waals surface area contributed by atoms with Gasteiger partial charge in [-0.25, -0.2) is 0 Å². The maximum atomic E-state index is 9.24.